The predicted molar refractivity (Wildman–Crippen MR) is 84.7 cm³/mol. The Bertz CT molecular complexity index is 630. The summed E-state index contributed by atoms with van der Waals surface area (Å²) >= 11 is 0. The van der Waals surface area contributed by atoms with Gasteiger partial charge < -0.3 is 19.3 Å². The molecule has 1 saturated heterocycles. The standard InChI is InChI=1S/C15H21NO8.HNO2/c1-7-8(12(19)15(22-3)14(21-2)11(7)18)4-5-10-13(24-16-20)9(17)6-23-10;2-1-3/h9-10,13,16-17,20H,4-6H2,1-3H3;1H/p+1/t9-,10-,13-;/m1./s1. The zero-order valence-electron chi connectivity index (χ0n) is 15.1. The molecule has 5 N–H and O–H groups in total. The summed E-state index contributed by atoms with van der Waals surface area (Å²) in [6.07, 6.45) is -1.68. The van der Waals surface area contributed by atoms with Crippen molar-refractivity contribution in [1.82, 2.24) is 5.64 Å². The summed E-state index contributed by atoms with van der Waals surface area (Å²) in [7, 11) is 2.60. The summed E-state index contributed by atoms with van der Waals surface area (Å²) in [5, 5.41) is 25.6. The lowest BCUT2D eigenvalue weighted by Gasteiger charge is -2.22. The molecular weight excluding hydrogens is 368 g/mol. The molecule has 2 rings (SSSR count). The number of carbonyl (C=O) groups is 2. The number of hydrogen-bond acceptors (Lipinski definition) is 10. The Morgan fingerprint density at radius 1 is 1.22 bits per heavy atom. The third kappa shape index (κ3) is 5.08. The van der Waals surface area contributed by atoms with Gasteiger partial charge >= 0.3 is 0 Å². The van der Waals surface area contributed by atoms with Crippen LogP contribution in [-0.4, -0.2) is 66.2 Å². The van der Waals surface area contributed by atoms with Crippen molar-refractivity contribution in [1.29, 1.82) is 0 Å². The lowest BCUT2D eigenvalue weighted by atomic mass is 9.89. The molecule has 0 aromatic carbocycles. The van der Waals surface area contributed by atoms with Gasteiger partial charge in [0.15, 0.2) is 5.34 Å². The Labute approximate surface area is 154 Å². The average Bonchev–Trinajstić information content (AvgIpc) is 2.99. The number of aliphatic hydroxyl groups excluding tert-OH is 1. The summed E-state index contributed by atoms with van der Waals surface area (Å²) in [5.74, 6) is -1.05. The lowest BCUT2D eigenvalue weighted by molar-refractivity contribution is -0.755. The third-order valence-electron chi connectivity index (χ3n) is 4.19. The van der Waals surface area contributed by atoms with Crippen molar-refractivity contribution in [2.24, 2.45) is 0 Å². The number of ether oxygens (including phenoxy) is 3. The first-order valence-corrected chi connectivity index (χ1v) is 7.84. The number of ketones is 2. The SMILES string of the molecule is COC1=C(OC)C(=O)C(CC[C@H]2OC[C@@H](O)[C@H]2ONO)=C(C)C1=O.O=[NH+]O. The number of hydrogen-bond donors (Lipinski definition) is 5. The van der Waals surface area contributed by atoms with Crippen molar-refractivity contribution < 1.29 is 49.5 Å². The Morgan fingerprint density at radius 2 is 1.78 bits per heavy atom. The fraction of sp³-hybridized carbons (Fsp3) is 0.600. The number of allylic oxidation sites excluding steroid dienone is 2. The van der Waals surface area contributed by atoms with Gasteiger partial charge in [-0.3, -0.25) is 19.6 Å². The highest BCUT2D eigenvalue weighted by molar-refractivity contribution is 6.23. The van der Waals surface area contributed by atoms with Crippen molar-refractivity contribution in [3.63, 3.8) is 0 Å². The first-order valence-electron chi connectivity index (χ1n) is 7.84. The molecule has 0 radical (unpaired) electrons. The van der Waals surface area contributed by atoms with Crippen LogP contribution in [0.5, 0.6) is 0 Å². The van der Waals surface area contributed by atoms with Crippen LogP contribution in [0, 0.1) is 4.91 Å². The lowest BCUT2D eigenvalue weighted by Crippen LogP contribution is -2.58. The molecular formula is C15H23N2O10+. The van der Waals surface area contributed by atoms with E-state index in [0.29, 0.717) is 17.3 Å². The van der Waals surface area contributed by atoms with Gasteiger partial charge in [0.1, 0.15) is 12.2 Å². The Balaban J connectivity index is 0.00000114. The number of nitrogens with one attached hydrogen (secondary N) is 2. The van der Waals surface area contributed by atoms with Gasteiger partial charge in [-0.1, -0.05) is 5.64 Å². The summed E-state index contributed by atoms with van der Waals surface area (Å²) in [6.45, 7) is 1.60. The first kappa shape index (κ1) is 22.7. The molecule has 2 aliphatic rings. The molecule has 1 fully saturated rings. The Morgan fingerprint density at radius 3 is 2.30 bits per heavy atom. The molecule has 12 heteroatoms. The third-order valence-corrected chi connectivity index (χ3v) is 4.19. The zero-order valence-corrected chi connectivity index (χ0v) is 15.1. The minimum absolute atomic E-state index is 0.0545. The quantitative estimate of drug-likeness (QED) is 0.240. The molecule has 27 heavy (non-hydrogen) atoms. The van der Waals surface area contributed by atoms with Crippen LogP contribution in [0.15, 0.2) is 22.7 Å². The maximum absolute atomic E-state index is 12.5. The van der Waals surface area contributed by atoms with Gasteiger partial charge in [-0.25, -0.2) is 5.21 Å². The van der Waals surface area contributed by atoms with Gasteiger partial charge in [-0.05, 0) is 19.8 Å². The highest BCUT2D eigenvalue weighted by Crippen LogP contribution is 2.30. The molecule has 0 unspecified atom stereocenters. The molecule has 0 spiro atoms. The fourth-order valence-electron chi connectivity index (χ4n) is 2.90. The molecule has 1 heterocycles. The van der Waals surface area contributed by atoms with E-state index in [1.165, 1.54) is 14.2 Å². The first-order chi connectivity index (χ1) is 12.9. The number of rotatable bonds is 7. The molecule has 1 aliphatic heterocycles. The summed E-state index contributed by atoms with van der Waals surface area (Å²) < 4.78 is 15.4. The summed E-state index contributed by atoms with van der Waals surface area (Å²) in [5.41, 5.74) is 2.14. The number of Topliss-reactive ketones (excluding diaryl/α,β-unsaturated/α-hetero) is 2. The highest BCUT2D eigenvalue weighted by Gasteiger charge is 2.39. The zero-order chi connectivity index (χ0) is 20.6. The van der Waals surface area contributed by atoms with E-state index in [2.05, 4.69) is 0 Å². The second kappa shape index (κ2) is 10.7. The van der Waals surface area contributed by atoms with Gasteiger partial charge in [0.25, 0.3) is 0 Å². The van der Waals surface area contributed by atoms with Crippen LogP contribution in [0.1, 0.15) is 19.8 Å². The molecule has 152 valence electrons. The van der Waals surface area contributed by atoms with Gasteiger partial charge in [0, 0.05) is 11.1 Å². The van der Waals surface area contributed by atoms with E-state index < -0.39 is 29.9 Å². The van der Waals surface area contributed by atoms with Gasteiger partial charge in [-0.2, -0.15) is 0 Å². The molecule has 0 saturated carbocycles. The van der Waals surface area contributed by atoms with E-state index in [1.54, 1.807) is 12.6 Å². The number of methoxy groups -OCH3 is 2. The molecule has 3 atom stereocenters. The van der Waals surface area contributed by atoms with E-state index in [9.17, 15) is 14.7 Å². The minimum atomic E-state index is -0.900. The topological polar surface area (TPSA) is 175 Å². The molecule has 0 aromatic heterocycles. The largest absolute Gasteiger partial charge is 0.489 e. The van der Waals surface area contributed by atoms with Crippen molar-refractivity contribution >= 4 is 11.6 Å². The van der Waals surface area contributed by atoms with E-state index in [1.807, 2.05) is 0 Å². The van der Waals surface area contributed by atoms with Crippen LogP contribution in [0.25, 0.3) is 0 Å². The van der Waals surface area contributed by atoms with Gasteiger partial charge in [0.05, 0.1) is 31.8 Å². The summed E-state index contributed by atoms with van der Waals surface area (Å²) in [6, 6.07) is 0. The van der Waals surface area contributed by atoms with Crippen molar-refractivity contribution in [2.75, 3.05) is 20.8 Å². The monoisotopic (exact) mass is 391 g/mol. The second-order valence-corrected chi connectivity index (χ2v) is 5.57. The molecule has 0 bridgehead atoms. The maximum atomic E-state index is 12.5. The van der Waals surface area contributed by atoms with Crippen LogP contribution >= 0.6 is 0 Å². The number of carbonyl (C=O) groups excluding carboxylic acids is 2. The Hall–Kier alpha value is -2.38. The maximum Gasteiger partial charge on any atom is 0.228 e. The van der Waals surface area contributed by atoms with Crippen molar-refractivity contribution in [3.05, 3.63) is 27.6 Å². The van der Waals surface area contributed by atoms with Crippen LogP contribution in [0.4, 0.5) is 0 Å². The van der Waals surface area contributed by atoms with Crippen LogP contribution in [0.3, 0.4) is 0 Å². The van der Waals surface area contributed by atoms with Gasteiger partial charge in [0.2, 0.25) is 23.1 Å². The van der Waals surface area contributed by atoms with Crippen LogP contribution in [0.2, 0.25) is 0 Å². The highest BCUT2D eigenvalue weighted by atomic mass is 16.8. The van der Waals surface area contributed by atoms with Crippen LogP contribution < -0.4 is 11.0 Å². The molecule has 12 nitrogen and oxygen atoms in total. The van der Waals surface area contributed by atoms with E-state index in [-0.39, 0.29) is 30.1 Å². The van der Waals surface area contributed by atoms with Crippen molar-refractivity contribution in [3.8, 4) is 0 Å². The predicted octanol–water partition coefficient (Wildman–Crippen LogP) is -2.00. The van der Waals surface area contributed by atoms with E-state index in [4.69, 9.17) is 34.4 Å². The smallest absolute Gasteiger partial charge is 0.228 e. The molecule has 0 aromatic rings. The fourth-order valence-corrected chi connectivity index (χ4v) is 2.90. The van der Waals surface area contributed by atoms with E-state index >= 15 is 0 Å². The molecule has 0 amide bonds. The average molecular weight is 391 g/mol. The van der Waals surface area contributed by atoms with Crippen molar-refractivity contribution in [2.45, 2.75) is 38.1 Å². The second-order valence-electron chi connectivity index (χ2n) is 5.57. The normalized spacial score (nSPS) is 25.3. The minimum Gasteiger partial charge on any atom is -0.489 e. The summed E-state index contributed by atoms with van der Waals surface area (Å²) in [4.78, 5) is 37.9. The molecule has 1 aliphatic carbocycles. The van der Waals surface area contributed by atoms with E-state index in [0.717, 1.165) is 0 Å². The Kier molecular flexibility index (Phi) is 8.97. The number of aliphatic hydroxyl groups is 1. The van der Waals surface area contributed by atoms with Gasteiger partial charge in [-0.15, -0.1) is 0 Å². The van der Waals surface area contributed by atoms with Crippen LogP contribution in [-0.2, 0) is 28.6 Å².